The fourth-order valence-corrected chi connectivity index (χ4v) is 4.70. The highest BCUT2D eigenvalue weighted by Crippen LogP contribution is 2.46. The molecule has 3 aliphatic rings. The fraction of sp³-hybridized carbons (Fsp3) is 0.476. The van der Waals surface area contributed by atoms with Gasteiger partial charge >= 0.3 is 6.18 Å². The van der Waals surface area contributed by atoms with Crippen LogP contribution < -0.4 is 15.1 Å². The zero-order valence-corrected chi connectivity index (χ0v) is 17.9. The van der Waals surface area contributed by atoms with E-state index in [1.54, 1.807) is 4.90 Å². The molecule has 6 heterocycles. The molecule has 3 aromatic heterocycles. The van der Waals surface area contributed by atoms with Crippen LogP contribution >= 0.6 is 0 Å². The van der Waals surface area contributed by atoms with Gasteiger partial charge in [-0.15, -0.1) is 0 Å². The number of anilines is 3. The van der Waals surface area contributed by atoms with E-state index >= 15 is 0 Å². The van der Waals surface area contributed by atoms with E-state index in [9.17, 15) is 17.6 Å². The number of aromatic amines is 1. The summed E-state index contributed by atoms with van der Waals surface area (Å²) in [6.07, 6.45) is -3.32. The molecule has 8 nitrogen and oxygen atoms in total. The van der Waals surface area contributed by atoms with Crippen LogP contribution in [0.4, 0.5) is 34.9 Å². The molecule has 0 aromatic carbocycles. The number of hydrogen-bond acceptors (Lipinski definition) is 7. The lowest BCUT2D eigenvalue weighted by atomic mass is 10.0. The Kier molecular flexibility index (Phi) is 4.14. The summed E-state index contributed by atoms with van der Waals surface area (Å²) >= 11 is 0. The standard InChI is InChI=1S/C21H21F4N7O/c1-20(2)19-28-14-17(31-8-11(22)9-31)29-15(30-18(14)32(19)3-4-33-20)10-5-12-13(21(23,24)25)7-27-16(12)26-6-10/h5-7,11,19,28H,3-4,8-9H2,1-2H3,(H,26,27). The van der Waals surface area contributed by atoms with Crippen LogP contribution in [0.2, 0.25) is 0 Å². The molecular weight excluding hydrogens is 442 g/mol. The van der Waals surface area contributed by atoms with Crippen LogP contribution in [0.15, 0.2) is 18.5 Å². The van der Waals surface area contributed by atoms with Crippen molar-refractivity contribution in [2.75, 3.05) is 41.4 Å². The van der Waals surface area contributed by atoms with Gasteiger partial charge in [0.25, 0.3) is 0 Å². The Balaban J connectivity index is 1.50. The number of morpholine rings is 1. The van der Waals surface area contributed by atoms with Crippen LogP contribution in [0.1, 0.15) is 19.4 Å². The molecule has 3 aromatic rings. The summed E-state index contributed by atoms with van der Waals surface area (Å²) in [5.74, 6) is 1.39. The second-order valence-electron chi connectivity index (χ2n) is 9.08. The Morgan fingerprint density at radius 3 is 2.67 bits per heavy atom. The molecule has 2 saturated heterocycles. The second-order valence-corrected chi connectivity index (χ2v) is 9.08. The average Bonchev–Trinajstić information content (AvgIpc) is 3.32. The summed E-state index contributed by atoms with van der Waals surface area (Å²) in [4.78, 5) is 20.0. The van der Waals surface area contributed by atoms with E-state index < -0.39 is 23.5 Å². The lowest BCUT2D eigenvalue weighted by Gasteiger charge is -2.42. The Bertz CT molecular complexity index is 1250. The molecule has 1 unspecified atom stereocenters. The molecule has 2 fully saturated rings. The third-order valence-corrected chi connectivity index (χ3v) is 6.43. The number of fused-ring (bicyclic) bond motifs is 4. The second kappa shape index (κ2) is 6.69. The van der Waals surface area contributed by atoms with Gasteiger partial charge in [0.1, 0.15) is 29.3 Å². The number of pyridine rings is 1. The van der Waals surface area contributed by atoms with Gasteiger partial charge in [-0.3, -0.25) is 0 Å². The first-order valence-electron chi connectivity index (χ1n) is 10.6. The monoisotopic (exact) mass is 463 g/mol. The van der Waals surface area contributed by atoms with Crippen molar-refractivity contribution in [1.29, 1.82) is 0 Å². The molecule has 0 radical (unpaired) electrons. The van der Waals surface area contributed by atoms with Gasteiger partial charge in [-0.1, -0.05) is 0 Å². The summed E-state index contributed by atoms with van der Waals surface area (Å²) in [5, 5.41) is 3.38. The van der Waals surface area contributed by atoms with Gasteiger partial charge in [-0.25, -0.2) is 19.3 Å². The summed E-state index contributed by atoms with van der Waals surface area (Å²) in [6.45, 7) is 5.43. The molecule has 3 aliphatic heterocycles. The van der Waals surface area contributed by atoms with E-state index in [0.717, 1.165) is 6.20 Å². The molecule has 0 bridgehead atoms. The summed E-state index contributed by atoms with van der Waals surface area (Å²) < 4.78 is 59.9. The van der Waals surface area contributed by atoms with Gasteiger partial charge < -0.3 is 24.8 Å². The quantitative estimate of drug-likeness (QED) is 0.563. The van der Waals surface area contributed by atoms with Gasteiger partial charge in [0.15, 0.2) is 17.5 Å². The first-order valence-corrected chi connectivity index (χ1v) is 10.6. The van der Waals surface area contributed by atoms with Crippen molar-refractivity contribution >= 4 is 28.4 Å². The van der Waals surface area contributed by atoms with Gasteiger partial charge in [0.2, 0.25) is 0 Å². The average molecular weight is 463 g/mol. The van der Waals surface area contributed by atoms with Crippen LogP contribution in [0.5, 0.6) is 0 Å². The van der Waals surface area contributed by atoms with Crippen molar-refractivity contribution in [1.82, 2.24) is 19.9 Å². The predicted octanol–water partition coefficient (Wildman–Crippen LogP) is 3.56. The molecule has 12 heteroatoms. The molecule has 1 atom stereocenters. The van der Waals surface area contributed by atoms with Gasteiger partial charge in [-0.2, -0.15) is 13.2 Å². The molecule has 0 spiro atoms. The van der Waals surface area contributed by atoms with Gasteiger partial charge in [0, 0.05) is 29.9 Å². The van der Waals surface area contributed by atoms with E-state index in [1.807, 2.05) is 13.8 Å². The molecular formula is C21H21F4N7O. The van der Waals surface area contributed by atoms with Crippen molar-refractivity contribution < 1.29 is 22.3 Å². The highest BCUT2D eigenvalue weighted by molar-refractivity contribution is 5.88. The minimum atomic E-state index is -4.52. The van der Waals surface area contributed by atoms with Crippen LogP contribution in [0.25, 0.3) is 22.4 Å². The largest absolute Gasteiger partial charge is 0.418 e. The normalized spacial score (nSPS) is 22.2. The Morgan fingerprint density at radius 1 is 1.18 bits per heavy atom. The summed E-state index contributed by atoms with van der Waals surface area (Å²) in [6, 6.07) is 1.39. The van der Waals surface area contributed by atoms with Crippen molar-refractivity contribution in [3.63, 3.8) is 0 Å². The zero-order chi connectivity index (χ0) is 23.1. The lowest BCUT2D eigenvalue weighted by Crippen LogP contribution is -2.58. The number of alkyl halides is 4. The van der Waals surface area contributed by atoms with E-state index in [0.29, 0.717) is 36.0 Å². The molecule has 174 valence electrons. The predicted molar refractivity (Wildman–Crippen MR) is 114 cm³/mol. The maximum Gasteiger partial charge on any atom is 0.418 e. The Morgan fingerprint density at radius 2 is 1.94 bits per heavy atom. The first-order chi connectivity index (χ1) is 15.6. The number of rotatable bonds is 2. The molecule has 33 heavy (non-hydrogen) atoms. The molecule has 2 N–H and O–H groups in total. The summed E-state index contributed by atoms with van der Waals surface area (Å²) in [5.41, 5.74) is -0.146. The highest BCUT2D eigenvalue weighted by Gasteiger charge is 2.47. The molecule has 0 saturated carbocycles. The zero-order valence-electron chi connectivity index (χ0n) is 17.9. The maximum absolute atomic E-state index is 13.7. The van der Waals surface area contributed by atoms with E-state index in [-0.39, 0.29) is 36.1 Å². The number of halogens is 4. The van der Waals surface area contributed by atoms with Crippen LogP contribution in [0.3, 0.4) is 0 Å². The van der Waals surface area contributed by atoms with E-state index in [2.05, 4.69) is 25.2 Å². The van der Waals surface area contributed by atoms with Crippen molar-refractivity contribution in [3.8, 4) is 11.4 Å². The van der Waals surface area contributed by atoms with E-state index in [4.69, 9.17) is 9.72 Å². The van der Waals surface area contributed by atoms with Crippen molar-refractivity contribution in [2.45, 2.75) is 38.0 Å². The molecule has 0 aliphatic carbocycles. The van der Waals surface area contributed by atoms with Crippen LogP contribution in [0, 0.1) is 0 Å². The van der Waals surface area contributed by atoms with Gasteiger partial charge in [0.05, 0.1) is 25.3 Å². The minimum absolute atomic E-state index is 0.0538. The third-order valence-electron chi connectivity index (χ3n) is 6.43. The smallest absolute Gasteiger partial charge is 0.370 e. The number of H-pyrrole nitrogens is 1. The maximum atomic E-state index is 13.7. The third kappa shape index (κ3) is 3.10. The number of hydrogen-bond donors (Lipinski definition) is 2. The Labute approximate surface area is 186 Å². The first kappa shape index (κ1) is 20.5. The topological polar surface area (TPSA) is 82.2 Å². The number of ether oxygens (including phenoxy) is 1. The summed E-state index contributed by atoms with van der Waals surface area (Å²) in [7, 11) is 0. The fourth-order valence-electron chi connectivity index (χ4n) is 4.70. The van der Waals surface area contributed by atoms with Gasteiger partial charge in [-0.05, 0) is 19.9 Å². The minimum Gasteiger partial charge on any atom is -0.370 e. The van der Waals surface area contributed by atoms with Crippen LogP contribution in [-0.2, 0) is 10.9 Å². The highest BCUT2D eigenvalue weighted by atomic mass is 19.4. The molecule has 0 amide bonds. The lowest BCUT2D eigenvalue weighted by molar-refractivity contribution is -0.136. The SMILES string of the molecule is CC1(C)OCCN2c3nc(-c4cnc5[nH]cc(C(F)(F)F)c5c4)nc(N4CC(F)C4)c3NC21. The van der Waals surface area contributed by atoms with Crippen molar-refractivity contribution in [3.05, 3.63) is 24.0 Å². The van der Waals surface area contributed by atoms with Crippen LogP contribution in [-0.4, -0.2) is 64.1 Å². The van der Waals surface area contributed by atoms with E-state index in [1.165, 1.54) is 12.3 Å². The Hall–Kier alpha value is -3.15. The number of aromatic nitrogens is 4. The number of nitrogens with zero attached hydrogens (tertiary/aromatic N) is 5. The van der Waals surface area contributed by atoms with Crippen molar-refractivity contribution in [2.24, 2.45) is 0 Å². The number of nitrogens with one attached hydrogen (secondary N) is 2. The molecule has 6 rings (SSSR count).